The fourth-order valence-electron chi connectivity index (χ4n) is 2.81. The third-order valence-corrected chi connectivity index (χ3v) is 4.63. The monoisotopic (exact) mass is 390 g/mol. The van der Waals surface area contributed by atoms with Gasteiger partial charge < -0.3 is 19.4 Å². The first-order valence-corrected chi connectivity index (χ1v) is 9.65. The van der Waals surface area contributed by atoms with Crippen molar-refractivity contribution in [1.29, 1.82) is 0 Å². The molecule has 0 bridgehead atoms. The number of aldehydes is 1. The first-order valence-electron chi connectivity index (χ1n) is 9.27. The van der Waals surface area contributed by atoms with Crippen LogP contribution in [0.4, 0.5) is 0 Å². The van der Waals surface area contributed by atoms with Gasteiger partial charge in [0.05, 0.1) is 13.2 Å². The second-order valence-electron chi connectivity index (χ2n) is 6.77. The first kappa shape index (κ1) is 21.1. The maximum absolute atomic E-state index is 10.6. The van der Waals surface area contributed by atoms with Gasteiger partial charge in [0, 0.05) is 17.0 Å². The van der Waals surface area contributed by atoms with Crippen LogP contribution in [0.5, 0.6) is 17.2 Å². The van der Waals surface area contributed by atoms with Gasteiger partial charge in [-0.3, -0.25) is 0 Å². The smallest absolute Gasteiger partial charge is 0.125 e. The fraction of sp³-hybridized carbons (Fsp3) is 0.409. The average Bonchev–Trinajstić information content (AvgIpc) is 2.64. The molecule has 2 aromatic rings. The van der Waals surface area contributed by atoms with Crippen molar-refractivity contribution in [1.82, 2.24) is 0 Å². The molecule has 4 nitrogen and oxygen atoms in total. The summed E-state index contributed by atoms with van der Waals surface area (Å²) in [5.41, 5.74) is 1.59. The number of hydrogen-bond donors (Lipinski definition) is 1. The number of carbonyl (C=O) groups excluding carboxylic acids is 1. The summed E-state index contributed by atoms with van der Waals surface area (Å²) in [7, 11) is 0. The number of phenolic OH excluding ortho intramolecular Hbond substituents is 1. The van der Waals surface area contributed by atoms with Crippen molar-refractivity contribution >= 4 is 17.9 Å². The van der Waals surface area contributed by atoms with Gasteiger partial charge in [-0.15, -0.1) is 0 Å². The normalized spacial score (nSPS) is 11.8. The lowest BCUT2D eigenvalue weighted by Gasteiger charge is -2.15. The SMILES string of the molecule is Cc1c(OCCCCOc2cccc(Cl)c2)ccc(CC(C)CC=O)c1O. The van der Waals surface area contributed by atoms with Crippen LogP contribution in [0.1, 0.15) is 37.3 Å². The number of carbonyl (C=O) groups is 1. The van der Waals surface area contributed by atoms with E-state index in [1.54, 1.807) is 6.07 Å². The van der Waals surface area contributed by atoms with Crippen molar-refractivity contribution in [3.8, 4) is 17.2 Å². The minimum Gasteiger partial charge on any atom is -0.507 e. The number of aromatic hydroxyl groups is 1. The lowest BCUT2D eigenvalue weighted by molar-refractivity contribution is -0.108. The van der Waals surface area contributed by atoms with E-state index in [1.165, 1.54) is 0 Å². The van der Waals surface area contributed by atoms with Gasteiger partial charge in [0.15, 0.2) is 0 Å². The molecule has 27 heavy (non-hydrogen) atoms. The highest BCUT2D eigenvalue weighted by Crippen LogP contribution is 2.32. The summed E-state index contributed by atoms with van der Waals surface area (Å²) in [5, 5.41) is 11.0. The number of halogens is 1. The van der Waals surface area contributed by atoms with Crippen molar-refractivity contribution in [3.63, 3.8) is 0 Å². The maximum atomic E-state index is 10.6. The molecule has 0 amide bonds. The molecule has 1 atom stereocenters. The second-order valence-corrected chi connectivity index (χ2v) is 7.21. The lowest BCUT2D eigenvalue weighted by Crippen LogP contribution is -2.05. The topological polar surface area (TPSA) is 55.8 Å². The van der Waals surface area contributed by atoms with Crippen molar-refractivity contribution < 1.29 is 19.4 Å². The number of hydrogen-bond acceptors (Lipinski definition) is 4. The molecule has 0 aliphatic heterocycles. The number of ether oxygens (including phenoxy) is 2. The molecule has 0 radical (unpaired) electrons. The minimum atomic E-state index is 0.207. The van der Waals surface area contributed by atoms with Crippen molar-refractivity contribution in [2.24, 2.45) is 5.92 Å². The molecule has 0 aliphatic carbocycles. The molecule has 0 aromatic heterocycles. The predicted molar refractivity (Wildman–Crippen MR) is 108 cm³/mol. The third-order valence-electron chi connectivity index (χ3n) is 4.39. The van der Waals surface area contributed by atoms with Crippen LogP contribution in [0.15, 0.2) is 36.4 Å². The summed E-state index contributed by atoms with van der Waals surface area (Å²) in [5.74, 6) is 1.92. The summed E-state index contributed by atoms with van der Waals surface area (Å²) in [6, 6.07) is 11.1. The van der Waals surface area contributed by atoms with Crippen LogP contribution in [0.25, 0.3) is 0 Å². The van der Waals surface area contributed by atoms with Crippen LogP contribution in [0, 0.1) is 12.8 Å². The van der Waals surface area contributed by atoms with E-state index in [0.717, 1.165) is 36.0 Å². The standard InChI is InChI=1S/C22H27ClO4/c1-16(10-11-24)14-18-8-9-21(17(2)22(18)25)27-13-4-3-12-26-20-7-5-6-19(23)15-20/h5-9,11,15-16,25H,3-4,10,12-14H2,1-2H3. The molecule has 0 heterocycles. The Hall–Kier alpha value is -2.20. The van der Waals surface area contributed by atoms with E-state index in [9.17, 15) is 9.90 Å². The van der Waals surface area contributed by atoms with E-state index in [2.05, 4.69) is 0 Å². The molecule has 146 valence electrons. The fourth-order valence-corrected chi connectivity index (χ4v) is 3.00. The molecule has 0 spiro atoms. The largest absolute Gasteiger partial charge is 0.507 e. The Bertz CT molecular complexity index is 745. The molecule has 2 aromatic carbocycles. The highest BCUT2D eigenvalue weighted by atomic mass is 35.5. The summed E-state index contributed by atoms with van der Waals surface area (Å²) >= 11 is 5.92. The molecule has 1 N–H and O–H groups in total. The van der Waals surface area contributed by atoms with E-state index < -0.39 is 0 Å². The van der Waals surface area contributed by atoms with Crippen LogP contribution in [-0.4, -0.2) is 24.6 Å². The van der Waals surface area contributed by atoms with Crippen LogP contribution >= 0.6 is 11.6 Å². The average molecular weight is 391 g/mol. The van der Waals surface area contributed by atoms with E-state index in [4.69, 9.17) is 21.1 Å². The van der Waals surface area contributed by atoms with Crippen LogP contribution in [0.2, 0.25) is 5.02 Å². The molecule has 1 unspecified atom stereocenters. The van der Waals surface area contributed by atoms with Gasteiger partial charge in [0.1, 0.15) is 23.5 Å². The summed E-state index contributed by atoms with van der Waals surface area (Å²) in [4.78, 5) is 10.6. The summed E-state index contributed by atoms with van der Waals surface area (Å²) < 4.78 is 11.5. The van der Waals surface area contributed by atoms with Crippen LogP contribution in [-0.2, 0) is 11.2 Å². The van der Waals surface area contributed by atoms with Gasteiger partial charge in [0.25, 0.3) is 0 Å². The molecule has 0 saturated heterocycles. The lowest BCUT2D eigenvalue weighted by atomic mass is 9.96. The van der Waals surface area contributed by atoms with Gasteiger partial charge in [-0.1, -0.05) is 30.7 Å². The minimum absolute atomic E-state index is 0.207. The van der Waals surface area contributed by atoms with Gasteiger partial charge in [-0.05, 0) is 61.9 Å². The highest BCUT2D eigenvalue weighted by molar-refractivity contribution is 6.30. The maximum Gasteiger partial charge on any atom is 0.125 e. The van der Waals surface area contributed by atoms with Crippen molar-refractivity contribution in [3.05, 3.63) is 52.5 Å². The predicted octanol–water partition coefficient (Wildman–Crippen LogP) is 5.36. The first-order chi connectivity index (χ1) is 13.0. The highest BCUT2D eigenvalue weighted by Gasteiger charge is 2.12. The van der Waals surface area contributed by atoms with Gasteiger partial charge in [-0.2, -0.15) is 0 Å². The van der Waals surface area contributed by atoms with E-state index in [1.807, 2.05) is 44.2 Å². The van der Waals surface area contributed by atoms with Crippen molar-refractivity contribution in [2.75, 3.05) is 13.2 Å². The molecule has 5 heteroatoms. The summed E-state index contributed by atoms with van der Waals surface area (Å²) in [6.45, 7) is 5.00. The molecule has 0 saturated carbocycles. The Kier molecular flexibility index (Phi) is 8.46. The van der Waals surface area contributed by atoms with E-state index in [0.29, 0.717) is 36.8 Å². The zero-order chi connectivity index (χ0) is 19.6. The van der Waals surface area contributed by atoms with E-state index >= 15 is 0 Å². The molecule has 0 aliphatic rings. The summed E-state index contributed by atoms with van der Waals surface area (Å²) in [6.07, 6.45) is 3.79. The third kappa shape index (κ3) is 6.79. The number of benzene rings is 2. The van der Waals surface area contributed by atoms with Crippen LogP contribution in [0.3, 0.4) is 0 Å². The zero-order valence-electron chi connectivity index (χ0n) is 15.9. The Morgan fingerprint density at radius 2 is 1.89 bits per heavy atom. The molecule has 2 rings (SSSR count). The zero-order valence-corrected chi connectivity index (χ0v) is 16.7. The molecular weight excluding hydrogens is 364 g/mol. The van der Waals surface area contributed by atoms with Crippen molar-refractivity contribution in [2.45, 2.75) is 39.5 Å². The molecular formula is C22H27ClO4. The Morgan fingerprint density at radius 3 is 2.59 bits per heavy atom. The van der Waals surface area contributed by atoms with Gasteiger partial charge >= 0.3 is 0 Å². The number of rotatable bonds is 11. The van der Waals surface area contributed by atoms with Gasteiger partial charge in [0.2, 0.25) is 0 Å². The second kappa shape index (κ2) is 10.8. The molecule has 0 fully saturated rings. The number of unbranched alkanes of at least 4 members (excludes halogenated alkanes) is 1. The Balaban J connectivity index is 1.75. The van der Waals surface area contributed by atoms with Gasteiger partial charge in [-0.25, -0.2) is 0 Å². The Labute approximate surface area is 166 Å². The quantitative estimate of drug-likeness (QED) is 0.414. The number of phenols is 1. The Morgan fingerprint density at radius 1 is 1.15 bits per heavy atom. The van der Waals surface area contributed by atoms with Crippen LogP contribution < -0.4 is 9.47 Å². The van der Waals surface area contributed by atoms with E-state index in [-0.39, 0.29) is 11.7 Å².